The SMILES string of the molecule is COc1cc(N)ccc1S(=O)(=O)NC(CCO)C(C)C. The van der Waals surface area contributed by atoms with Crippen molar-refractivity contribution < 1.29 is 18.3 Å². The van der Waals surface area contributed by atoms with Gasteiger partial charge in [0.1, 0.15) is 10.6 Å². The first-order valence-corrected chi connectivity index (χ1v) is 7.87. The van der Waals surface area contributed by atoms with Gasteiger partial charge in [-0.2, -0.15) is 0 Å². The summed E-state index contributed by atoms with van der Waals surface area (Å²) in [6.07, 6.45) is 0.355. The standard InChI is InChI=1S/C13H22N2O4S/c1-9(2)11(6-7-16)15-20(17,18)13-5-4-10(14)8-12(13)19-3/h4-5,8-9,11,15-16H,6-7,14H2,1-3H3. The summed E-state index contributed by atoms with van der Waals surface area (Å²) in [5.74, 6) is 0.265. The molecule has 0 saturated heterocycles. The number of aliphatic hydroxyl groups excluding tert-OH is 1. The highest BCUT2D eigenvalue weighted by Crippen LogP contribution is 2.26. The van der Waals surface area contributed by atoms with E-state index in [9.17, 15) is 8.42 Å². The Bertz CT molecular complexity index is 543. The minimum absolute atomic E-state index is 0.0396. The molecule has 0 aliphatic carbocycles. The number of ether oxygens (including phenoxy) is 1. The van der Waals surface area contributed by atoms with Crippen molar-refractivity contribution in [3.63, 3.8) is 0 Å². The molecule has 0 aliphatic heterocycles. The van der Waals surface area contributed by atoms with Crippen LogP contribution in [0.2, 0.25) is 0 Å². The minimum Gasteiger partial charge on any atom is -0.495 e. The Morgan fingerprint density at radius 2 is 2.05 bits per heavy atom. The smallest absolute Gasteiger partial charge is 0.244 e. The zero-order chi connectivity index (χ0) is 15.3. The largest absolute Gasteiger partial charge is 0.495 e. The van der Waals surface area contributed by atoms with Crippen LogP contribution in [0.5, 0.6) is 5.75 Å². The summed E-state index contributed by atoms with van der Waals surface area (Å²) in [6, 6.07) is 4.04. The number of nitrogen functional groups attached to an aromatic ring is 1. The van der Waals surface area contributed by atoms with E-state index in [1.165, 1.54) is 25.3 Å². The number of nitrogens with one attached hydrogen (secondary N) is 1. The van der Waals surface area contributed by atoms with E-state index in [0.29, 0.717) is 12.1 Å². The van der Waals surface area contributed by atoms with E-state index in [0.717, 1.165) is 0 Å². The molecule has 0 radical (unpaired) electrons. The van der Waals surface area contributed by atoms with Crippen LogP contribution in [-0.2, 0) is 10.0 Å². The summed E-state index contributed by atoms with van der Waals surface area (Å²) in [7, 11) is -2.34. The van der Waals surface area contributed by atoms with E-state index in [-0.39, 0.29) is 29.2 Å². The molecule has 20 heavy (non-hydrogen) atoms. The number of nitrogens with two attached hydrogens (primary N) is 1. The van der Waals surface area contributed by atoms with Gasteiger partial charge in [-0.05, 0) is 24.5 Å². The van der Waals surface area contributed by atoms with E-state index < -0.39 is 10.0 Å². The summed E-state index contributed by atoms with van der Waals surface area (Å²) < 4.78 is 32.5. The number of rotatable bonds is 7. The molecule has 0 aliphatic rings. The molecular formula is C13H22N2O4S. The fourth-order valence-corrected chi connectivity index (χ4v) is 3.41. The average molecular weight is 302 g/mol. The lowest BCUT2D eigenvalue weighted by atomic mass is 10.0. The second-order valence-corrected chi connectivity index (χ2v) is 6.58. The van der Waals surface area contributed by atoms with E-state index in [1.54, 1.807) is 0 Å². The summed E-state index contributed by atoms with van der Waals surface area (Å²) in [5, 5.41) is 9.01. The molecule has 114 valence electrons. The van der Waals surface area contributed by atoms with Gasteiger partial charge in [0.05, 0.1) is 7.11 Å². The number of hydrogen-bond acceptors (Lipinski definition) is 5. The molecule has 4 N–H and O–H groups in total. The number of hydrogen-bond donors (Lipinski definition) is 3. The lowest BCUT2D eigenvalue weighted by molar-refractivity contribution is 0.255. The molecule has 1 aromatic rings. The summed E-state index contributed by atoms with van der Waals surface area (Å²) in [4.78, 5) is 0.0396. The lowest BCUT2D eigenvalue weighted by Gasteiger charge is -2.22. The molecule has 0 heterocycles. The van der Waals surface area contributed by atoms with E-state index in [2.05, 4.69) is 4.72 Å². The van der Waals surface area contributed by atoms with Crippen molar-refractivity contribution in [2.75, 3.05) is 19.5 Å². The van der Waals surface area contributed by atoms with Gasteiger partial charge in [0.2, 0.25) is 10.0 Å². The maximum atomic E-state index is 12.4. The first-order valence-electron chi connectivity index (χ1n) is 6.38. The van der Waals surface area contributed by atoms with Crippen molar-refractivity contribution in [3.8, 4) is 5.75 Å². The van der Waals surface area contributed by atoms with Crippen LogP contribution in [0, 0.1) is 5.92 Å². The number of benzene rings is 1. The maximum absolute atomic E-state index is 12.4. The number of methoxy groups -OCH3 is 1. The van der Waals surface area contributed by atoms with Crippen LogP contribution in [0.3, 0.4) is 0 Å². The Kier molecular flexibility index (Phi) is 5.79. The Balaban J connectivity index is 3.10. The molecule has 1 atom stereocenters. The molecule has 0 bridgehead atoms. The van der Waals surface area contributed by atoms with Gasteiger partial charge in [0.25, 0.3) is 0 Å². The van der Waals surface area contributed by atoms with Gasteiger partial charge in [0, 0.05) is 24.4 Å². The van der Waals surface area contributed by atoms with Crippen molar-refractivity contribution >= 4 is 15.7 Å². The fraction of sp³-hybridized carbons (Fsp3) is 0.538. The van der Waals surface area contributed by atoms with Crippen LogP contribution in [-0.4, -0.2) is 33.3 Å². The Morgan fingerprint density at radius 1 is 1.40 bits per heavy atom. The topological polar surface area (TPSA) is 102 Å². The summed E-state index contributed by atoms with van der Waals surface area (Å²) in [5.41, 5.74) is 6.04. The van der Waals surface area contributed by atoms with Gasteiger partial charge in [-0.1, -0.05) is 13.8 Å². The van der Waals surface area contributed by atoms with Gasteiger partial charge in [-0.25, -0.2) is 13.1 Å². The molecule has 1 aromatic carbocycles. The number of anilines is 1. The molecule has 0 aromatic heterocycles. The van der Waals surface area contributed by atoms with Crippen LogP contribution < -0.4 is 15.2 Å². The molecule has 1 rings (SSSR count). The lowest BCUT2D eigenvalue weighted by Crippen LogP contribution is -2.39. The number of sulfonamides is 1. The summed E-state index contributed by atoms with van der Waals surface area (Å²) in [6.45, 7) is 3.70. The van der Waals surface area contributed by atoms with Crippen LogP contribution in [0.25, 0.3) is 0 Å². The molecule has 6 nitrogen and oxygen atoms in total. The van der Waals surface area contributed by atoms with E-state index in [4.69, 9.17) is 15.6 Å². The molecule has 0 fully saturated rings. The Labute approximate surface area is 120 Å². The van der Waals surface area contributed by atoms with Crippen molar-refractivity contribution in [2.45, 2.75) is 31.2 Å². The Morgan fingerprint density at radius 3 is 2.55 bits per heavy atom. The molecule has 0 spiro atoms. The molecule has 0 amide bonds. The van der Waals surface area contributed by atoms with Crippen LogP contribution in [0.1, 0.15) is 20.3 Å². The first-order chi connectivity index (χ1) is 9.31. The minimum atomic E-state index is -3.73. The second kappa shape index (κ2) is 6.92. The zero-order valence-corrected chi connectivity index (χ0v) is 12.8. The van der Waals surface area contributed by atoms with Gasteiger partial charge in [-0.15, -0.1) is 0 Å². The van der Waals surface area contributed by atoms with Gasteiger partial charge in [0.15, 0.2) is 0 Å². The monoisotopic (exact) mass is 302 g/mol. The summed E-state index contributed by atoms with van der Waals surface area (Å²) >= 11 is 0. The van der Waals surface area contributed by atoms with Crippen LogP contribution in [0.15, 0.2) is 23.1 Å². The van der Waals surface area contributed by atoms with Crippen molar-refractivity contribution in [2.24, 2.45) is 5.92 Å². The molecule has 0 saturated carbocycles. The molecule has 7 heteroatoms. The van der Waals surface area contributed by atoms with E-state index >= 15 is 0 Å². The van der Waals surface area contributed by atoms with Crippen molar-refractivity contribution in [3.05, 3.63) is 18.2 Å². The molecular weight excluding hydrogens is 280 g/mol. The predicted octanol–water partition coefficient (Wildman–Crippen LogP) is 0.963. The molecule has 1 unspecified atom stereocenters. The quantitative estimate of drug-likeness (QED) is 0.651. The second-order valence-electron chi connectivity index (χ2n) is 4.89. The third-order valence-corrected chi connectivity index (χ3v) is 4.56. The van der Waals surface area contributed by atoms with Gasteiger partial charge >= 0.3 is 0 Å². The fourth-order valence-electron chi connectivity index (χ4n) is 1.84. The maximum Gasteiger partial charge on any atom is 0.244 e. The highest BCUT2D eigenvalue weighted by Gasteiger charge is 2.25. The third kappa shape index (κ3) is 4.09. The highest BCUT2D eigenvalue weighted by atomic mass is 32.2. The van der Waals surface area contributed by atoms with Gasteiger partial charge in [-0.3, -0.25) is 0 Å². The average Bonchev–Trinajstić information content (AvgIpc) is 2.37. The van der Waals surface area contributed by atoms with Crippen LogP contribution >= 0.6 is 0 Å². The van der Waals surface area contributed by atoms with Crippen molar-refractivity contribution in [1.29, 1.82) is 0 Å². The normalized spacial score (nSPS) is 13.4. The number of aliphatic hydroxyl groups is 1. The first kappa shape index (κ1) is 16.7. The zero-order valence-electron chi connectivity index (χ0n) is 12.0. The van der Waals surface area contributed by atoms with Crippen LogP contribution in [0.4, 0.5) is 5.69 Å². The Hall–Kier alpha value is -1.31. The highest BCUT2D eigenvalue weighted by molar-refractivity contribution is 7.89. The van der Waals surface area contributed by atoms with E-state index in [1.807, 2.05) is 13.8 Å². The van der Waals surface area contributed by atoms with Gasteiger partial charge < -0.3 is 15.6 Å². The predicted molar refractivity (Wildman–Crippen MR) is 78.1 cm³/mol. The third-order valence-electron chi connectivity index (χ3n) is 3.03. The van der Waals surface area contributed by atoms with Crippen molar-refractivity contribution in [1.82, 2.24) is 4.72 Å².